The third-order valence-corrected chi connectivity index (χ3v) is 8.34. The molecule has 2 aromatic carbocycles. The monoisotopic (exact) mass is 654 g/mol. The molecule has 0 spiro atoms. The van der Waals surface area contributed by atoms with Crippen molar-refractivity contribution in [2.24, 2.45) is 0 Å². The van der Waals surface area contributed by atoms with Crippen LogP contribution in [-0.2, 0) is 14.3 Å². The average molecular weight is 655 g/mol. The number of halogens is 2. The van der Waals surface area contributed by atoms with Crippen LogP contribution >= 0.6 is 15.9 Å². The van der Waals surface area contributed by atoms with Crippen LogP contribution in [-0.4, -0.2) is 86.5 Å². The van der Waals surface area contributed by atoms with Gasteiger partial charge in [-0.15, -0.1) is 5.10 Å². The molecule has 7 atom stereocenters. The van der Waals surface area contributed by atoms with E-state index in [2.05, 4.69) is 32.3 Å². The second-order valence-corrected chi connectivity index (χ2v) is 11.3. The summed E-state index contributed by atoms with van der Waals surface area (Å²) in [4.78, 5) is 15.8. The summed E-state index contributed by atoms with van der Waals surface area (Å²) in [5, 5.41) is 59.0. The normalized spacial score (nSPS) is 26.9. The van der Waals surface area contributed by atoms with Gasteiger partial charge in [0.2, 0.25) is 0 Å². The lowest BCUT2D eigenvalue weighted by Crippen LogP contribution is -2.62. The van der Waals surface area contributed by atoms with Crippen molar-refractivity contribution >= 4 is 27.5 Å². The molecule has 1 aliphatic heterocycles. The summed E-state index contributed by atoms with van der Waals surface area (Å²) in [6.45, 7) is -0.637. The van der Waals surface area contributed by atoms with E-state index < -0.39 is 60.9 Å². The maximum Gasteiger partial charge on any atom is 0.259 e. The fourth-order valence-corrected chi connectivity index (χ4v) is 6.28. The summed E-state index contributed by atoms with van der Waals surface area (Å²) < 4.78 is 27.8. The standard InChI is InChI=1S/C29H28BrFN6O6/c1-42-27-25(36-13-21(34-35-36)16-5-6-17(12-33)20(31)9-16)26(40)24(14-38)43-28(27)29(41)37(22-3-2-4-23(22)39)19-8-15(11-32)7-18(30)10-19/h5-10,13,22-28,38-40H,2-4,14H2,1H3/t22-,23-,24+,25-,26-,27+,28+/m0/s1. The molecule has 43 heavy (non-hydrogen) atoms. The SMILES string of the molecule is CO[C@@H]1[C@@H](n2cc(-c3ccc(C#N)c(F)c3)nn2)[C@@H](O)[C@@H](CO)O[C@H]1C(=O)N(c1cc(Br)cc(C#N)c1)[C@H]1CCC[C@@H]1O. The predicted molar refractivity (Wildman–Crippen MR) is 152 cm³/mol. The molecule has 14 heteroatoms. The molecule has 1 saturated heterocycles. The number of amides is 1. The minimum Gasteiger partial charge on any atom is -0.394 e. The van der Waals surface area contributed by atoms with Crippen LogP contribution in [0.1, 0.15) is 36.4 Å². The van der Waals surface area contributed by atoms with Gasteiger partial charge in [-0.1, -0.05) is 27.2 Å². The summed E-state index contributed by atoms with van der Waals surface area (Å²) in [6, 6.07) is 10.9. The van der Waals surface area contributed by atoms with Crippen LogP contribution in [0.15, 0.2) is 47.1 Å². The molecule has 2 heterocycles. The van der Waals surface area contributed by atoms with Gasteiger partial charge in [0.05, 0.1) is 42.1 Å². The Bertz CT molecular complexity index is 1590. The van der Waals surface area contributed by atoms with E-state index in [9.17, 15) is 29.8 Å². The van der Waals surface area contributed by atoms with Crippen molar-refractivity contribution in [3.05, 3.63) is 64.0 Å². The van der Waals surface area contributed by atoms with E-state index in [-0.39, 0.29) is 11.3 Å². The molecular weight excluding hydrogens is 627 g/mol. The molecule has 1 saturated carbocycles. The molecular formula is C29H28BrFN6O6. The molecule has 5 rings (SSSR count). The highest BCUT2D eigenvalue weighted by Crippen LogP contribution is 2.37. The zero-order valence-electron chi connectivity index (χ0n) is 22.9. The summed E-state index contributed by atoms with van der Waals surface area (Å²) in [7, 11) is 1.34. The van der Waals surface area contributed by atoms with Gasteiger partial charge in [0.25, 0.3) is 5.91 Å². The number of hydrogen-bond acceptors (Lipinski definition) is 10. The Kier molecular flexibility index (Phi) is 9.17. The number of aromatic nitrogens is 3. The van der Waals surface area contributed by atoms with Crippen LogP contribution in [0.3, 0.4) is 0 Å². The molecule has 1 amide bonds. The Hall–Kier alpha value is -3.76. The minimum absolute atomic E-state index is 0.133. The van der Waals surface area contributed by atoms with Gasteiger partial charge in [0.1, 0.15) is 41.9 Å². The number of rotatable bonds is 7. The first kappa shape index (κ1) is 30.7. The average Bonchev–Trinajstić information content (AvgIpc) is 3.66. The maximum absolute atomic E-state index is 14.4. The quantitative estimate of drug-likeness (QED) is 0.342. The van der Waals surface area contributed by atoms with Crippen LogP contribution in [0.25, 0.3) is 11.3 Å². The maximum atomic E-state index is 14.4. The summed E-state index contributed by atoms with van der Waals surface area (Å²) in [5.74, 6) is -1.34. The molecule has 224 valence electrons. The van der Waals surface area contributed by atoms with E-state index in [4.69, 9.17) is 14.7 Å². The third kappa shape index (κ3) is 5.90. The molecule has 2 aliphatic rings. The molecule has 1 aliphatic carbocycles. The van der Waals surface area contributed by atoms with E-state index in [1.807, 2.05) is 0 Å². The molecule has 12 nitrogen and oxygen atoms in total. The number of carbonyl (C=O) groups is 1. The largest absolute Gasteiger partial charge is 0.394 e. The van der Waals surface area contributed by atoms with Crippen molar-refractivity contribution in [3.8, 4) is 23.4 Å². The third-order valence-electron chi connectivity index (χ3n) is 7.89. The number of hydrogen-bond donors (Lipinski definition) is 3. The molecule has 3 N–H and O–H groups in total. The van der Waals surface area contributed by atoms with Gasteiger partial charge in [0.15, 0.2) is 6.10 Å². The molecule has 0 bridgehead atoms. The van der Waals surface area contributed by atoms with Gasteiger partial charge in [0, 0.05) is 22.8 Å². The first-order valence-electron chi connectivity index (χ1n) is 13.5. The van der Waals surface area contributed by atoms with Crippen LogP contribution < -0.4 is 4.90 Å². The van der Waals surface area contributed by atoms with Crippen molar-refractivity contribution in [1.29, 1.82) is 10.5 Å². The lowest BCUT2D eigenvalue weighted by molar-refractivity contribution is -0.211. The van der Waals surface area contributed by atoms with Crippen LogP contribution in [0.4, 0.5) is 10.1 Å². The van der Waals surface area contributed by atoms with Gasteiger partial charge in [-0.3, -0.25) is 4.79 Å². The number of aliphatic hydroxyl groups excluding tert-OH is 3. The van der Waals surface area contributed by atoms with E-state index in [1.165, 1.54) is 41.1 Å². The summed E-state index contributed by atoms with van der Waals surface area (Å²) >= 11 is 3.39. The van der Waals surface area contributed by atoms with E-state index >= 15 is 0 Å². The molecule has 3 aromatic rings. The topological polar surface area (TPSA) is 178 Å². The van der Waals surface area contributed by atoms with E-state index in [0.717, 1.165) is 6.07 Å². The Morgan fingerprint density at radius 2 is 2.02 bits per heavy atom. The van der Waals surface area contributed by atoms with Gasteiger partial charge in [-0.05, 0) is 49.6 Å². The Balaban J connectivity index is 1.54. The lowest BCUT2D eigenvalue weighted by Gasteiger charge is -2.45. The molecule has 0 unspecified atom stereocenters. The van der Waals surface area contributed by atoms with Gasteiger partial charge >= 0.3 is 0 Å². The number of benzene rings is 2. The number of carbonyl (C=O) groups excluding carboxylic acids is 1. The summed E-state index contributed by atoms with van der Waals surface area (Å²) in [6.07, 6.45) is -2.90. The number of nitrogens with zero attached hydrogens (tertiary/aromatic N) is 6. The fraction of sp³-hybridized carbons (Fsp3) is 0.414. The van der Waals surface area contributed by atoms with E-state index in [1.54, 1.807) is 18.2 Å². The number of anilines is 1. The highest BCUT2D eigenvalue weighted by Gasteiger charge is 2.52. The smallest absolute Gasteiger partial charge is 0.259 e. The van der Waals surface area contributed by atoms with E-state index in [0.29, 0.717) is 40.5 Å². The highest BCUT2D eigenvalue weighted by molar-refractivity contribution is 9.10. The Morgan fingerprint density at radius 1 is 1.23 bits per heavy atom. The van der Waals surface area contributed by atoms with Gasteiger partial charge in [-0.2, -0.15) is 10.5 Å². The van der Waals surface area contributed by atoms with Gasteiger partial charge < -0.3 is 29.7 Å². The fourth-order valence-electron chi connectivity index (χ4n) is 5.80. The highest BCUT2D eigenvalue weighted by atomic mass is 79.9. The lowest BCUT2D eigenvalue weighted by atomic mass is 9.91. The number of methoxy groups -OCH3 is 1. The summed E-state index contributed by atoms with van der Waals surface area (Å²) in [5.41, 5.74) is 1.07. The zero-order valence-corrected chi connectivity index (χ0v) is 24.5. The Morgan fingerprint density at radius 3 is 2.65 bits per heavy atom. The van der Waals surface area contributed by atoms with Crippen LogP contribution in [0.5, 0.6) is 0 Å². The molecule has 1 aromatic heterocycles. The van der Waals surface area contributed by atoms with Crippen LogP contribution in [0, 0.1) is 28.5 Å². The minimum atomic E-state index is -1.40. The number of aliphatic hydroxyl groups is 3. The van der Waals surface area contributed by atoms with Crippen LogP contribution in [0.2, 0.25) is 0 Å². The second-order valence-electron chi connectivity index (χ2n) is 10.4. The van der Waals surface area contributed by atoms with Crippen molar-refractivity contribution in [2.45, 2.75) is 61.9 Å². The van der Waals surface area contributed by atoms with Crippen molar-refractivity contribution in [1.82, 2.24) is 15.0 Å². The first-order valence-corrected chi connectivity index (χ1v) is 14.3. The number of ether oxygens (including phenoxy) is 2. The number of nitriles is 2. The van der Waals surface area contributed by atoms with Crippen molar-refractivity contribution in [3.63, 3.8) is 0 Å². The second kappa shape index (κ2) is 12.9. The predicted octanol–water partition coefficient (Wildman–Crippen LogP) is 2.21. The van der Waals surface area contributed by atoms with Crippen molar-refractivity contribution in [2.75, 3.05) is 18.6 Å². The van der Waals surface area contributed by atoms with Crippen molar-refractivity contribution < 1.29 is 34.0 Å². The zero-order chi connectivity index (χ0) is 30.8. The molecule has 0 radical (unpaired) electrons. The first-order chi connectivity index (χ1) is 20.7. The Labute approximate surface area is 254 Å². The molecule has 2 fully saturated rings. The van der Waals surface area contributed by atoms with Gasteiger partial charge in [-0.25, -0.2) is 9.07 Å².